The van der Waals surface area contributed by atoms with Crippen molar-refractivity contribution in [2.45, 2.75) is 69.2 Å². The van der Waals surface area contributed by atoms with Gasteiger partial charge in [0.25, 0.3) is 0 Å². The molecule has 0 aromatic rings. The van der Waals surface area contributed by atoms with Crippen LogP contribution in [0.15, 0.2) is 0 Å². The van der Waals surface area contributed by atoms with E-state index in [0.29, 0.717) is 19.4 Å². The first kappa shape index (κ1) is 16.5. The fraction of sp³-hybridized carbons (Fsp3) is 0.867. The summed E-state index contributed by atoms with van der Waals surface area (Å²) in [4.78, 5) is 27.0. The second-order valence-electron chi connectivity index (χ2n) is 6.30. The summed E-state index contributed by atoms with van der Waals surface area (Å²) in [5.74, 6) is 0.0461. The molecule has 2 fully saturated rings. The average Bonchev–Trinajstić information content (AvgIpc) is 2.90. The molecule has 1 aliphatic carbocycles. The molecule has 1 saturated heterocycles. The van der Waals surface area contributed by atoms with E-state index in [1.165, 1.54) is 0 Å². The van der Waals surface area contributed by atoms with Crippen molar-refractivity contribution in [3.8, 4) is 0 Å². The van der Waals surface area contributed by atoms with E-state index in [0.717, 1.165) is 25.7 Å². The van der Waals surface area contributed by atoms with Crippen molar-refractivity contribution < 1.29 is 13.8 Å². The normalized spacial score (nSPS) is 27.8. The van der Waals surface area contributed by atoms with E-state index >= 15 is 0 Å². The molecule has 1 aliphatic heterocycles. The van der Waals surface area contributed by atoms with E-state index in [-0.39, 0.29) is 23.1 Å². The van der Waals surface area contributed by atoms with Crippen molar-refractivity contribution in [2.75, 3.05) is 12.8 Å². The van der Waals surface area contributed by atoms with Crippen LogP contribution in [0.3, 0.4) is 0 Å². The lowest BCUT2D eigenvalue weighted by atomic mass is 9.90. The van der Waals surface area contributed by atoms with Gasteiger partial charge in [0.2, 0.25) is 11.8 Å². The standard InChI is InChI=1S/C15H26N2O3S/c1-4-12-13(18)16-15(8-5-6-9-15)14(19)17(12)10-7-11(2)21(3)20/h11-12H,4-10H2,1-3H3,(H,16,18). The summed E-state index contributed by atoms with van der Waals surface area (Å²) >= 11 is 0. The van der Waals surface area contributed by atoms with E-state index in [1.807, 2.05) is 13.8 Å². The van der Waals surface area contributed by atoms with Crippen LogP contribution < -0.4 is 5.32 Å². The third-order valence-electron chi connectivity index (χ3n) is 4.90. The van der Waals surface area contributed by atoms with Gasteiger partial charge in [-0.2, -0.15) is 0 Å². The Kier molecular flexibility index (Phi) is 5.07. The van der Waals surface area contributed by atoms with Crippen molar-refractivity contribution in [3.05, 3.63) is 0 Å². The van der Waals surface area contributed by atoms with Gasteiger partial charge in [0.05, 0.1) is 0 Å². The maximum Gasteiger partial charge on any atom is 0.249 e. The van der Waals surface area contributed by atoms with Gasteiger partial charge in [0.15, 0.2) is 0 Å². The van der Waals surface area contributed by atoms with E-state index in [4.69, 9.17) is 0 Å². The predicted octanol–water partition coefficient (Wildman–Crippen LogP) is 1.19. The van der Waals surface area contributed by atoms with Crippen molar-refractivity contribution in [3.63, 3.8) is 0 Å². The molecule has 3 unspecified atom stereocenters. The predicted molar refractivity (Wildman–Crippen MR) is 83.3 cm³/mol. The molecule has 5 nitrogen and oxygen atoms in total. The molecular weight excluding hydrogens is 288 g/mol. The fourth-order valence-corrected chi connectivity index (χ4v) is 3.84. The van der Waals surface area contributed by atoms with Crippen molar-refractivity contribution >= 4 is 22.6 Å². The maximum absolute atomic E-state index is 12.9. The Bertz CT molecular complexity index is 446. The molecule has 120 valence electrons. The van der Waals surface area contributed by atoms with Gasteiger partial charge < -0.3 is 10.2 Å². The summed E-state index contributed by atoms with van der Waals surface area (Å²) in [6, 6.07) is -0.374. The van der Waals surface area contributed by atoms with Gasteiger partial charge in [-0.25, -0.2) is 0 Å². The molecule has 2 aliphatic rings. The van der Waals surface area contributed by atoms with Crippen LogP contribution in [0, 0.1) is 0 Å². The van der Waals surface area contributed by atoms with Crippen LogP contribution in [0.25, 0.3) is 0 Å². The van der Waals surface area contributed by atoms with Gasteiger partial charge in [-0.3, -0.25) is 13.8 Å². The zero-order valence-electron chi connectivity index (χ0n) is 13.2. The SMILES string of the molecule is CCC1C(=O)NC2(CCCC2)C(=O)N1CCC(C)S(C)=O. The lowest BCUT2D eigenvalue weighted by Crippen LogP contribution is -2.69. The van der Waals surface area contributed by atoms with Crippen LogP contribution in [0.5, 0.6) is 0 Å². The Morgan fingerprint density at radius 1 is 1.38 bits per heavy atom. The maximum atomic E-state index is 12.9. The summed E-state index contributed by atoms with van der Waals surface area (Å²) in [7, 11) is -0.897. The lowest BCUT2D eigenvalue weighted by molar-refractivity contribution is -0.155. The lowest BCUT2D eigenvalue weighted by Gasteiger charge is -2.44. The second kappa shape index (κ2) is 6.46. The minimum atomic E-state index is -0.897. The average molecular weight is 314 g/mol. The first-order chi connectivity index (χ1) is 9.91. The highest BCUT2D eigenvalue weighted by molar-refractivity contribution is 7.84. The zero-order valence-corrected chi connectivity index (χ0v) is 14.0. The van der Waals surface area contributed by atoms with Crippen LogP contribution in [0.1, 0.15) is 52.4 Å². The molecule has 21 heavy (non-hydrogen) atoms. The number of carbonyl (C=O) groups is 2. The monoisotopic (exact) mass is 314 g/mol. The molecule has 0 bridgehead atoms. The Labute approximate surface area is 129 Å². The Hall–Kier alpha value is -0.910. The molecule has 6 heteroatoms. The highest BCUT2D eigenvalue weighted by Gasteiger charge is 2.51. The topological polar surface area (TPSA) is 66.5 Å². The quantitative estimate of drug-likeness (QED) is 0.829. The van der Waals surface area contributed by atoms with Gasteiger partial charge >= 0.3 is 0 Å². The smallest absolute Gasteiger partial charge is 0.249 e. The minimum Gasteiger partial charge on any atom is -0.340 e. The first-order valence-corrected chi connectivity index (χ1v) is 9.48. The summed E-state index contributed by atoms with van der Waals surface area (Å²) < 4.78 is 11.5. The third-order valence-corrected chi connectivity index (χ3v) is 6.27. The van der Waals surface area contributed by atoms with Gasteiger partial charge in [0.1, 0.15) is 11.6 Å². The number of hydrogen-bond acceptors (Lipinski definition) is 3. The first-order valence-electron chi connectivity index (χ1n) is 7.86. The van der Waals surface area contributed by atoms with Gasteiger partial charge in [0, 0.05) is 28.9 Å². The van der Waals surface area contributed by atoms with Crippen LogP contribution in [-0.4, -0.2) is 50.6 Å². The fourth-order valence-electron chi connectivity index (χ4n) is 3.40. The molecule has 1 heterocycles. The Morgan fingerprint density at radius 2 is 2.00 bits per heavy atom. The Morgan fingerprint density at radius 3 is 2.52 bits per heavy atom. The Balaban J connectivity index is 2.15. The third kappa shape index (κ3) is 3.15. The molecule has 0 radical (unpaired) electrons. The molecule has 0 aromatic heterocycles. The molecule has 1 N–H and O–H groups in total. The van der Waals surface area contributed by atoms with Crippen LogP contribution in [0.2, 0.25) is 0 Å². The largest absolute Gasteiger partial charge is 0.340 e. The van der Waals surface area contributed by atoms with Gasteiger partial charge in [-0.05, 0) is 25.7 Å². The number of nitrogens with one attached hydrogen (secondary N) is 1. The van der Waals surface area contributed by atoms with Gasteiger partial charge in [-0.1, -0.05) is 26.7 Å². The summed E-state index contributed by atoms with van der Waals surface area (Å²) in [5.41, 5.74) is -0.655. The number of rotatable bonds is 5. The van der Waals surface area contributed by atoms with E-state index in [2.05, 4.69) is 5.32 Å². The molecule has 2 amide bonds. The minimum absolute atomic E-state index is 0.0238. The molecule has 0 aromatic carbocycles. The molecule has 3 atom stereocenters. The number of hydrogen-bond donors (Lipinski definition) is 1. The van der Waals surface area contributed by atoms with Crippen molar-refractivity contribution in [2.24, 2.45) is 0 Å². The van der Waals surface area contributed by atoms with Gasteiger partial charge in [-0.15, -0.1) is 0 Å². The highest BCUT2D eigenvalue weighted by atomic mass is 32.2. The molecule has 1 saturated carbocycles. The van der Waals surface area contributed by atoms with Crippen molar-refractivity contribution in [1.29, 1.82) is 0 Å². The molecule has 1 spiro atoms. The zero-order chi connectivity index (χ0) is 15.6. The van der Waals surface area contributed by atoms with E-state index in [1.54, 1.807) is 11.2 Å². The summed E-state index contributed by atoms with van der Waals surface area (Å²) in [5, 5.41) is 3.03. The van der Waals surface area contributed by atoms with E-state index in [9.17, 15) is 13.8 Å². The van der Waals surface area contributed by atoms with Crippen LogP contribution in [0.4, 0.5) is 0 Å². The molecular formula is C15H26N2O3S. The van der Waals surface area contributed by atoms with E-state index < -0.39 is 16.3 Å². The van der Waals surface area contributed by atoms with Crippen molar-refractivity contribution in [1.82, 2.24) is 10.2 Å². The van der Waals surface area contributed by atoms with Crippen LogP contribution >= 0.6 is 0 Å². The summed E-state index contributed by atoms with van der Waals surface area (Å²) in [6.45, 7) is 4.38. The summed E-state index contributed by atoms with van der Waals surface area (Å²) in [6.07, 6.45) is 6.47. The second-order valence-corrected chi connectivity index (χ2v) is 8.10. The highest BCUT2D eigenvalue weighted by Crippen LogP contribution is 2.35. The van der Waals surface area contributed by atoms with Crippen LogP contribution in [-0.2, 0) is 20.4 Å². The number of nitrogens with zero attached hydrogens (tertiary/aromatic N) is 1. The number of piperazine rings is 1. The number of carbonyl (C=O) groups excluding carboxylic acids is 2. The number of amides is 2. The molecule has 2 rings (SSSR count).